The van der Waals surface area contributed by atoms with Crippen molar-refractivity contribution in [3.63, 3.8) is 0 Å². The molecule has 1 aliphatic rings. The summed E-state index contributed by atoms with van der Waals surface area (Å²) in [6.07, 6.45) is 5.11. The highest BCUT2D eigenvalue weighted by atomic mass is 16.2. The Kier molecular flexibility index (Phi) is 4.40. The summed E-state index contributed by atoms with van der Waals surface area (Å²) in [6, 6.07) is 4.30. The maximum Gasteiger partial charge on any atom is 0.254 e. The van der Waals surface area contributed by atoms with Gasteiger partial charge < -0.3 is 10.2 Å². The number of pyridine rings is 1. The van der Waals surface area contributed by atoms with Crippen molar-refractivity contribution in [2.45, 2.75) is 52.1 Å². The SMILES string of the molecule is CCNc1cc(C(=O)N2C(C)CCCC2C)ccn1. The van der Waals surface area contributed by atoms with Crippen LogP contribution in [0.1, 0.15) is 50.4 Å². The fourth-order valence-corrected chi connectivity index (χ4v) is 2.81. The highest BCUT2D eigenvalue weighted by molar-refractivity contribution is 5.95. The Balaban J connectivity index is 2.20. The van der Waals surface area contributed by atoms with Crippen molar-refractivity contribution >= 4 is 11.7 Å². The van der Waals surface area contributed by atoms with Gasteiger partial charge in [0.2, 0.25) is 0 Å². The first-order valence-corrected chi connectivity index (χ1v) is 7.16. The van der Waals surface area contributed by atoms with E-state index in [1.807, 2.05) is 17.9 Å². The number of carbonyl (C=O) groups is 1. The maximum atomic E-state index is 12.6. The Morgan fingerprint density at radius 2 is 2.11 bits per heavy atom. The van der Waals surface area contributed by atoms with Gasteiger partial charge in [0.15, 0.2) is 0 Å². The third-order valence-electron chi connectivity index (χ3n) is 3.79. The van der Waals surface area contributed by atoms with Crippen LogP contribution in [0.4, 0.5) is 5.82 Å². The van der Waals surface area contributed by atoms with Gasteiger partial charge in [0.05, 0.1) is 0 Å². The number of hydrogen-bond acceptors (Lipinski definition) is 3. The first-order chi connectivity index (χ1) is 9.13. The third-order valence-corrected chi connectivity index (χ3v) is 3.79. The molecule has 2 atom stereocenters. The molecule has 1 aliphatic heterocycles. The largest absolute Gasteiger partial charge is 0.370 e. The van der Waals surface area contributed by atoms with Gasteiger partial charge in [0.25, 0.3) is 5.91 Å². The van der Waals surface area contributed by atoms with Gasteiger partial charge in [-0.05, 0) is 52.2 Å². The fourth-order valence-electron chi connectivity index (χ4n) is 2.81. The molecule has 4 nitrogen and oxygen atoms in total. The van der Waals surface area contributed by atoms with E-state index < -0.39 is 0 Å². The number of piperidine rings is 1. The van der Waals surface area contributed by atoms with Crippen LogP contribution in [0.15, 0.2) is 18.3 Å². The summed E-state index contributed by atoms with van der Waals surface area (Å²) in [7, 11) is 0. The van der Waals surface area contributed by atoms with Crippen LogP contribution in [0.25, 0.3) is 0 Å². The fraction of sp³-hybridized carbons (Fsp3) is 0.600. The van der Waals surface area contributed by atoms with Crippen molar-refractivity contribution in [3.8, 4) is 0 Å². The average molecular weight is 261 g/mol. The topological polar surface area (TPSA) is 45.2 Å². The van der Waals surface area contributed by atoms with E-state index in [9.17, 15) is 4.79 Å². The van der Waals surface area contributed by atoms with Crippen molar-refractivity contribution in [3.05, 3.63) is 23.9 Å². The van der Waals surface area contributed by atoms with Crippen LogP contribution in [0.5, 0.6) is 0 Å². The molecule has 1 N–H and O–H groups in total. The summed E-state index contributed by atoms with van der Waals surface area (Å²) in [4.78, 5) is 18.9. The van der Waals surface area contributed by atoms with Crippen molar-refractivity contribution in [1.82, 2.24) is 9.88 Å². The number of hydrogen-bond donors (Lipinski definition) is 1. The Bertz CT molecular complexity index is 437. The molecule has 2 heterocycles. The molecule has 0 bridgehead atoms. The Morgan fingerprint density at radius 3 is 2.74 bits per heavy atom. The second-order valence-corrected chi connectivity index (χ2v) is 5.30. The Hall–Kier alpha value is -1.58. The van der Waals surface area contributed by atoms with E-state index in [2.05, 4.69) is 24.1 Å². The van der Waals surface area contributed by atoms with E-state index in [-0.39, 0.29) is 5.91 Å². The molecule has 1 amide bonds. The standard InChI is InChI=1S/C15H23N3O/c1-4-16-14-10-13(8-9-17-14)15(19)18-11(2)6-5-7-12(18)3/h8-12H,4-7H2,1-3H3,(H,16,17). The molecule has 1 fully saturated rings. The predicted molar refractivity (Wildman–Crippen MR) is 77.3 cm³/mol. The van der Waals surface area contributed by atoms with Gasteiger partial charge in [0, 0.05) is 30.4 Å². The van der Waals surface area contributed by atoms with Gasteiger partial charge in [-0.15, -0.1) is 0 Å². The molecule has 4 heteroatoms. The molecule has 1 aromatic rings. The van der Waals surface area contributed by atoms with E-state index in [0.717, 1.165) is 30.8 Å². The number of likely N-dealkylation sites (tertiary alicyclic amines) is 1. The number of rotatable bonds is 3. The van der Waals surface area contributed by atoms with E-state index in [4.69, 9.17) is 0 Å². The lowest BCUT2D eigenvalue weighted by atomic mass is 9.96. The molecule has 0 spiro atoms. The average Bonchev–Trinajstić information content (AvgIpc) is 2.39. The van der Waals surface area contributed by atoms with Crippen LogP contribution in [-0.2, 0) is 0 Å². The summed E-state index contributed by atoms with van der Waals surface area (Å²) in [6.45, 7) is 7.10. The molecular weight excluding hydrogens is 238 g/mol. The van der Waals surface area contributed by atoms with Gasteiger partial charge in [-0.3, -0.25) is 4.79 Å². The highest BCUT2D eigenvalue weighted by Gasteiger charge is 2.29. The van der Waals surface area contributed by atoms with E-state index in [1.54, 1.807) is 12.3 Å². The molecule has 2 rings (SSSR count). The molecule has 0 aliphatic carbocycles. The molecule has 19 heavy (non-hydrogen) atoms. The number of aromatic nitrogens is 1. The number of nitrogens with zero attached hydrogens (tertiary/aromatic N) is 2. The highest BCUT2D eigenvalue weighted by Crippen LogP contribution is 2.24. The summed E-state index contributed by atoms with van der Waals surface area (Å²) >= 11 is 0. The summed E-state index contributed by atoms with van der Waals surface area (Å²) in [5.41, 5.74) is 0.728. The quantitative estimate of drug-likeness (QED) is 0.910. The third kappa shape index (κ3) is 3.06. The van der Waals surface area contributed by atoms with E-state index >= 15 is 0 Å². The second-order valence-electron chi connectivity index (χ2n) is 5.30. The van der Waals surface area contributed by atoms with Gasteiger partial charge in [-0.25, -0.2) is 4.98 Å². The Labute approximate surface area is 115 Å². The van der Waals surface area contributed by atoms with Crippen LogP contribution in [0.2, 0.25) is 0 Å². The summed E-state index contributed by atoms with van der Waals surface area (Å²) in [5, 5.41) is 3.15. The summed E-state index contributed by atoms with van der Waals surface area (Å²) in [5.74, 6) is 0.895. The second kappa shape index (κ2) is 6.04. The predicted octanol–water partition coefficient (Wildman–Crippen LogP) is 2.92. The number of carbonyl (C=O) groups excluding carboxylic acids is 1. The van der Waals surface area contributed by atoms with Crippen molar-refractivity contribution < 1.29 is 4.79 Å². The van der Waals surface area contributed by atoms with E-state index in [0.29, 0.717) is 12.1 Å². The van der Waals surface area contributed by atoms with Gasteiger partial charge in [-0.1, -0.05) is 0 Å². The molecule has 0 saturated carbocycles. The van der Waals surface area contributed by atoms with Crippen LogP contribution in [0, 0.1) is 0 Å². The molecule has 2 unspecified atom stereocenters. The zero-order valence-electron chi connectivity index (χ0n) is 12.0. The van der Waals surface area contributed by atoms with E-state index in [1.165, 1.54) is 6.42 Å². The van der Waals surface area contributed by atoms with Crippen molar-refractivity contribution in [2.24, 2.45) is 0 Å². The van der Waals surface area contributed by atoms with Crippen LogP contribution in [0.3, 0.4) is 0 Å². The van der Waals surface area contributed by atoms with Gasteiger partial charge in [0.1, 0.15) is 5.82 Å². The molecule has 1 aromatic heterocycles. The molecule has 1 saturated heterocycles. The van der Waals surface area contributed by atoms with Crippen molar-refractivity contribution in [2.75, 3.05) is 11.9 Å². The van der Waals surface area contributed by atoms with Crippen molar-refractivity contribution in [1.29, 1.82) is 0 Å². The first-order valence-electron chi connectivity index (χ1n) is 7.16. The minimum atomic E-state index is 0.126. The lowest BCUT2D eigenvalue weighted by molar-refractivity contribution is 0.0510. The smallest absolute Gasteiger partial charge is 0.254 e. The zero-order valence-corrected chi connectivity index (χ0v) is 12.0. The van der Waals surface area contributed by atoms with Crippen LogP contribution < -0.4 is 5.32 Å². The van der Waals surface area contributed by atoms with Crippen LogP contribution >= 0.6 is 0 Å². The minimum absolute atomic E-state index is 0.126. The molecule has 0 aromatic carbocycles. The number of amides is 1. The van der Waals surface area contributed by atoms with Crippen LogP contribution in [-0.4, -0.2) is 34.4 Å². The first kappa shape index (κ1) is 13.8. The van der Waals surface area contributed by atoms with Gasteiger partial charge >= 0.3 is 0 Å². The van der Waals surface area contributed by atoms with Gasteiger partial charge in [-0.2, -0.15) is 0 Å². The zero-order chi connectivity index (χ0) is 13.8. The maximum absolute atomic E-state index is 12.6. The Morgan fingerprint density at radius 1 is 1.42 bits per heavy atom. The minimum Gasteiger partial charge on any atom is -0.370 e. The number of anilines is 1. The molecule has 0 radical (unpaired) electrons. The lowest BCUT2D eigenvalue weighted by Crippen LogP contribution is -2.47. The molecular formula is C15H23N3O. The molecule has 104 valence electrons. The lowest BCUT2D eigenvalue weighted by Gasteiger charge is -2.39. The number of nitrogens with one attached hydrogen (secondary N) is 1. The normalized spacial score (nSPS) is 23.2. The monoisotopic (exact) mass is 261 g/mol. The summed E-state index contributed by atoms with van der Waals surface area (Å²) < 4.78 is 0.